The number of nitrogens with one attached hydrogen (secondary N) is 1. The van der Waals surface area contributed by atoms with Crippen LogP contribution in [0.3, 0.4) is 0 Å². The lowest BCUT2D eigenvalue weighted by Crippen LogP contribution is -2.34. The molecule has 0 bridgehead atoms. The summed E-state index contributed by atoms with van der Waals surface area (Å²) in [5.74, 6) is 0. The maximum atomic E-state index is 11.9. The fourth-order valence-corrected chi connectivity index (χ4v) is 4.55. The van der Waals surface area contributed by atoms with Crippen molar-refractivity contribution in [3.8, 4) is 0 Å². The molecular weight excluding hydrogens is 306 g/mol. The molecule has 0 saturated heterocycles. The number of rotatable bonds is 4. The van der Waals surface area contributed by atoms with Crippen molar-refractivity contribution in [2.45, 2.75) is 26.2 Å². The first-order valence-electron chi connectivity index (χ1n) is 7.14. The van der Waals surface area contributed by atoms with Gasteiger partial charge in [0.15, 0.2) is 5.13 Å². The third-order valence-corrected chi connectivity index (χ3v) is 5.75. The molecule has 7 heteroatoms. The summed E-state index contributed by atoms with van der Waals surface area (Å²) >= 11 is 1.63. The minimum Gasteiger partial charge on any atom is -0.361 e. The lowest BCUT2D eigenvalue weighted by atomic mass is 10.0. The highest BCUT2D eigenvalue weighted by molar-refractivity contribution is 7.92. The Kier molecular flexibility index (Phi) is 3.79. The van der Waals surface area contributed by atoms with E-state index in [9.17, 15) is 8.42 Å². The van der Waals surface area contributed by atoms with Gasteiger partial charge in [-0.25, -0.2) is 13.4 Å². The summed E-state index contributed by atoms with van der Waals surface area (Å²) in [4.78, 5) is 4.56. The number of thiazole rings is 1. The van der Waals surface area contributed by atoms with Gasteiger partial charge in [-0.15, -0.1) is 0 Å². The molecule has 0 spiro atoms. The summed E-state index contributed by atoms with van der Waals surface area (Å²) < 4.78 is 26.5. The van der Waals surface area contributed by atoms with E-state index in [2.05, 4.69) is 23.3 Å². The number of aryl methyl sites for hydroxylation is 1. The number of nitrogens with zero attached hydrogens (tertiary/aromatic N) is 2. The van der Waals surface area contributed by atoms with E-state index in [1.54, 1.807) is 11.3 Å². The maximum absolute atomic E-state index is 11.9. The molecule has 0 amide bonds. The minimum absolute atomic E-state index is 0.558. The number of benzene rings is 1. The summed E-state index contributed by atoms with van der Waals surface area (Å²) in [6.07, 6.45) is 4.11. The average molecular weight is 325 g/mol. The van der Waals surface area contributed by atoms with Gasteiger partial charge in [-0.2, -0.15) is 0 Å². The molecule has 1 aliphatic rings. The number of hydrogen-bond donors (Lipinski definition) is 1. The van der Waals surface area contributed by atoms with E-state index in [-0.39, 0.29) is 0 Å². The Labute approximate surface area is 129 Å². The van der Waals surface area contributed by atoms with Gasteiger partial charge in [-0.1, -0.05) is 18.3 Å². The molecule has 0 radical (unpaired) electrons. The summed E-state index contributed by atoms with van der Waals surface area (Å²) in [5.41, 5.74) is 2.77. The van der Waals surface area contributed by atoms with Crippen LogP contribution >= 0.6 is 11.3 Å². The first-order valence-corrected chi connectivity index (χ1v) is 9.80. The van der Waals surface area contributed by atoms with Crippen molar-refractivity contribution >= 4 is 42.4 Å². The topological polar surface area (TPSA) is 62.3 Å². The van der Waals surface area contributed by atoms with Gasteiger partial charge in [0.2, 0.25) is 10.0 Å². The van der Waals surface area contributed by atoms with Crippen LogP contribution in [0.5, 0.6) is 0 Å². The Bertz CT molecular complexity index is 768. The third-order valence-electron chi connectivity index (χ3n) is 3.59. The van der Waals surface area contributed by atoms with E-state index in [1.807, 2.05) is 6.07 Å². The van der Waals surface area contributed by atoms with Crippen LogP contribution in [0, 0.1) is 0 Å². The van der Waals surface area contributed by atoms with E-state index in [1.165, 1.54) is 10.6 Å². The molecular formula is C14H19N3O2S2. The van der Waals surface area contributed by atoms with E-state index >= 15 is 0 Å². The summed E-state index contributed by atoms with van der Waals surface area (Å²) in [7, 11) is -3.22. The van der Waals surface area contributed by atoms with Crippen LogP contribution < -0.4 is 9.62 Å². The SMILES string of the molecule is CCCNc1nc2cc3c(cc2s1)CCCN3S(C)(=O)=O. The molecule has 1 aromatic heterocycles. The molecule has 2 heterocycles. The van der Waals surface area contributed by atoms with Gasteiger partial charge in [0.05, 0.1) is 22.2 Å². The molecule has 0 atom stereocenters. The molecule has 0 saturated carbocycles. The predicted octanol–water partition coefficient (Wildman–Crippen LogP) is 2.83. The smallest absolute Gasteiger partial charge is 0.232 e. The van der Waals surface area contributed by atoms with Gasteiger partial charge < -0.3 is 5.32 Å². The van der Waals surface area contributed by atoms with E-state index in [0.29, 0.717) is 6.54 Å². The van der Waals surface area contributed by atoms with Crippen molar-refractivity contribution in [2.24, 2.45) is 0 Å². The van der Waals surface area contributed by atoms with Crippen molar-refractivity contribution in [3.63, 3.8) is 0 Å². The first-order chi connectivity index (χ1) is 9.99. The standard InChI is InChI=1S/C14H19N3O2S2/c1-3-6-15-14-16-11-9-12-10(8-13(11)20-14)5-4-7-17(12)21(2,18)19/h8-9H,3-7H2,1-2H3,(H,15,16). The lowest BCUT2D eigenvalue weighted by Gasteiger charge is -2.29. The number of anilines is 2. The van der Waals surface area contributed by atoms with Crippen LogP contribution in [-0.4, -0.2) is 32.7 Å². The van der Waals surface area contributed by atoms with Crippen molar-refractivity contribution in [1.82, 2.24) is 4.98 Å². The zero-order chi connectivity index (χ0) is 15.0. The molecule has 21 heavy (non-hydrogen) atoms. The zero-order valence-corrected chi connectivity index (χ0v) is 13.9. The highest BCUT2D eigenvalue weighted by Crippen LogP contribution is 2.36. The van der Waals surface area contributed by atoms with E-state index in [4.69, 9.17) is 0 Å². The number of sulfonamides is 1. The Morgan fingerprint density at radius 3 is 2.95 bits per heavy atom. The van der Waals surface area contributed by atoms with E-state index in [0.717, 1.165) is 52.4 Å². The fraction of sp³-hybridized carbons (Fsp3) is 0.500. The van der Waals surface area contributed by atoms with Gasteiger partial charge in [0.1, 0.15) is 0 Å². The van der Waals surface area contributed by atoms with Gasteiger partial charge in [-0.3, -0.25) is 4.31 Å². The van der Waals surface area contributed by atoms with E-state index < -0.39 is 10.0 Å². The quantitative estimate of drug-likeness (QED) is 0.939. The van der Waals surface area contributed by atoms with Crippen LogP contribution in [0.15, 0.2) is 12.1 Å². The lowest BCUT2D eigenvalue weighted by molar-refractivity contribution is 0.592. The largest absolute Gasteiger partial charge is 0.361 e. The second-order valence-corrected chi connectivity index (χ2v) is 8.27. The first kappa shape index (κ1) is 14.6. The Hall–Kier alpha value is -1.34. The zero-order valence-electron chi connectivity index (χ0n) is 12.2. The number of fused-ring (bicyclic) bond motifs is 2. The summed E-state index contributed by atoms with van der Waals surface area (Å²) in [6, 6.07) is 4.01. The molecule has 1 N–H and O–H groups in total. The molecule has 5 nitrogen and oxygen atoms in total. The van der Waals surface area contributed by atoms with Crippen LogP contribution in [0.1, 0.15) is 25.3 Å². The Morgan fingerprint density at radius 1 is 1.43 bits per heavy atom. The third kappa shape index (κ3) is 2.85. The van der Waals surface area contributed by atoms with Crippen molar-refractivity contribution in [3.05, 3.63) is 17.7 Å². The monoisotopic (exact) mass is 325 g/mol. The molecule has 0 unspecified atom stereocenters. The summed E-state index contributed by atoms with van der Waals surface area (Å²) in [5, 5.41) is 4.19. The molecule has 0 fully saturated rings. The average Bonchev–Trinajstić information content (AvgIpc) is 2.82. The maximum Gasteiger partial charge on any atom is 0.232 e. The van der Waals surface area contributed by atoms with Crippen molar-refractivity contribution < 1.29 is 8.42 Å². The van der Waals surface area contributed by atoms with Crippen LogP contribution in [0.4, 0.5) is 10.8 Å². The van der Waals surface area contributed by atoms with Crippen molar-refractivity contribution in [1.29, 1.82) is 0 Å². The fourth-order valence-electron chi connectivity index (χ4n) is 2.62. The predicted molar refractivity (Wildman–Crippen MR) is 88.9 cm³/mol. The van der Waals surface area contributed by atoms with Gasteiger partial charge in [0.25, 0.3) is 0 Å². The van der Waals surface area contributed by atoms with Crippen LogP contribution in [-0.2, 0) is 16.4 Å². The minimum atomic E-state index is -3.22. The van der Waals surface area contributed by atoms with Crippen LogP contribution in [0.2, 0.25) is 0 Å². The molecule has 2 aromatic rings. The molecule has 3 rings (SSSR count). The second kappa shape index (κ2) is 5.46. The molecule has 1 aromatic carbocycles. The normalized spacial score (nSPS) is 15.2. The van der Waals surface area contributed by atoms with Gasteiger partial charge >= 0.3 is 0 Å². The second-order valence-electron chi connectivity index (χ2n) is 5.33. The molecule has 1 aliphatic heterocycles. The summed E-state index contributed by atoms with van der Waals surface area (Å²) in [6.45, 7) is 3.57. The highest BCUT2D eigenvalue weighted by atomic mass is 32.2. The molecule has 114 valence electrons. The van der Waals surface area contributed by atoms with Crippen molar-refractivity contribution in [2.75, 3.05) is 29.0 Å². The van der Waals surface area contributed by atoms with Crippen LogP contribution in [0.25, 0.3) is 10.2 Å². The van der Waals surface area contributed by atoms with Gasteiger partial charge in [0, 0.05) is 13.1 Å². The highest BCUT2D eigenvalue weighted by Gasteiger charge is 2.25. The number of hydrogen-bond acceptors (Lipinski definition) is 5. The Balaban J connectivity index is 2.06. The Morgan fingerprint density at radius 2 is 2.24 bits per heavy atom. The van der Waals surface area contributed by atoms with Gasteiger partial charge in [-0.05, 0) is 37.0 Å². The molecule has 0 aliphatic carbocycles. The number of aromatic nitrogens is 1.